The normalized spacial score (nSPS) is 12.7. The van der Waals surface area contributed by atoms with E-state index in [2.05, 4.69) is 90.1 Å². The second kappa shape index (κ2) is 51.6. The maximum atomic E-state index is 11.6. The van der Waals surface area contributed by atoms with Crippen LogP contribution in [0.15, 0.2) is 59.7 Å². The van der Waals surface area contributed by atoms with E-state index in [1.54, 1.807) is 9.79 Å². The number of hydrogen-bond donors (Lipinski definition) is 0. The Morgan fingerprint density at radius 1 is 0.320 bits per heavy atom. The monoisotopic (exact) mass is 1120 g/mol. The van der Waals surface area contributed by atoms with Crippen LogP contribution in [-0.2, 0) is 24.4 Å². The standard InChI is InChI=1S/C30H40N2.2C21H43.Pd/c1-5-8-11-20-28-27(19-10-7-3)30(26-18-13-16-24(22-26)15-9-6-2)32(31)29(28)25-17-12-14-23(4)21-25;2*1-3-5-7-9-11-13-15-17-19-21-20-18-16-14-12-10-8-6-4-2;/h12-14,16-18,21-22H,5-11,15,19-20H2,1-4H3;2*1,3-21H2,2H3;. The van der Waals surface area contributed by atoms with Crippen LogP contribution in [-0.4, -0.2) is 4.70 Å². The van der Waals surface area contributed by atoms with E-state index >= 15 is 0 Å². The van der Waals surface area contributed by atoms with Gasteiger partial charge >= 0.3 is 169 Å². The number of benzene rings is 2. The molecular weight excluding hydrogens is 999 g/mol. The summed E-state index contributed by atoms with van der Waals surface area (Å²) in [6.07, 6.45) is 67.9. The van der Waals surface area contributed by atoms with Gasteiger partial charge in [0.15, 0.2) is 0 Å². The van der Waals surface area contributed by atoms with Gasteiger partial charge in [-0.2, -0.15) is 0 Å². The van der Waals surface area contributed by atoms with Gasteiger partial charge in [-0.15, -0.1) is 0 Å². The molecule has 0 fully saturated rings. The van der Waals surface area contributed by atoms with Crippen LogP contribution < -0.4 is 0 Å². The van der Waals surface area contributed by atoms with Gasteiger partial charge in [0, 0.05) is 22.3 Å². The Morgan fingerprint density at radius 3 is 0.973 bits per heavy atom. The summed E-state index contributed by atoms with van der Waals surface area (Å²) in [5.41, 5.74) is 21.1. The SMILES string of the molecule is CCCCCC1=C(c2cccc(C)c2)[N+](=[N-])C(c2cccc(CCCC)c2)=C1CCCC.CCCCCCCCCCCCCCCCCCCC[CH2][Pd][CH2]CCCCCCCCCCCCCCCCCCCC. The van der Waals surface area contributed by atoms with Gasteiger partial charge < -0.3 is 5.53 Å². The minimum Gasteiger partial charge on any atom is -0.0654 e. The van der Waals surface area contributed by atoms with E-state index in [1.807, 2.05) is 0 Å². The number of nitrogens with zero attached hydrogens (tertiary/aromatic N) is 2. The summed E-state index contributed by atoms with van der Waals surface area (Å²) in [6.45, 7) is 13.5. The molecule has 0 bridgehead atoms. The maximum absolute atomic E-state index is 11.6. The van der Waals surface area contributed by atoms with Crippen LogP contribution in [0, 0.1) is 6.92 Å². The summed E-state index contributed by atoms with van der Waals surface area (Å²) in [6, 6.07) is 17.4. The van der Waals surface area contributed by atoms with Gasteiger partial charge in [0.05, 0.1) is 0 Å². The Balaban J connectivity index is 0.000000533. The molecule has 2 aromatic carbocycles. The van der Waals surface area contributed by atoms with Crippen molar-refractivity contribution in [2.24, 2.45) is 0 Å². The Hall–Kier alpha value is -1.82. The average Bonchev–Trinajstić information content (AvgIpc) is 3.70. The predicted octanol–water partition coefficient (Wildman–Crippen LogP) is 26.0. The molecule has 0 radical (unpaired) electrons. The third kappa shape index (κ3) is 36.1. The van der Waals surface area contributed by atoms with E-state index in [1.165, 1.54) is 297 Å². The second-order valence-corrected chi connectivity index (χ2v) is 25.7. The van der Waals surface area contributed by atoms with E-state index in [-0.39, 0.29) is 0 Å². The first kappa shape index (κ1) is 69.3. The van der Waals surface area contributed by atoms with Crippen LogP contribution >= 0.6 is 0 Å². The summed E-state index contributed by atoms with van der Waals surface area (Å²) >= 11 is 1.06. The first-order valence-electron chi connectivity index (χ1n) is 33.6. The average molecular weight is 1130 g/mol. The van der Waals surface area contributed by atoms with E-state index in [0.29, 0.717) is 0 Å². The van der Waals surface area contributed by atoms with Crippen LogP contribution in [0.2, 0.25) is 9.79 Å². The summed E-state index contributed by atoms with van der Waals surface area (Å²) < 4.78 is 1.51. The van der Waals surface area contributed by atoms with Crippen LogP contribution in [0.5, 0.6) is 0 Å². The summed E-state index contributed by atoms with van der Waals surface area (Å²) in [5.74, 6) is 0. The number of aryl methyl sites for hydroxylation is 2. The first-order valence-corrected chi connectivity index (χ1v) is 35.8. The number of unbranched alkanes of at least 4 members (excludes halogenated alkanes) is 40. The quantitative estimate of drug-likeness (QED) is 0.0358. The molecule has 0 spiro atoms. The number of rotatable bonds is 52. The fourth-order valence-electron chi connectivity index (χ4n) is 11.3. The van der Waals surface area contributed by atoms with Gasteiger partial charge in [0.25, 0.3) is 0 Å². The van der Waals surface area contributed by atoms with Gasteiger partial charge in [0.1, 0.15) is 0 Å². The van der Waals surface area contributed by atoms with Crippen LogP contribution in [0.1, 0.15) is 359 Å². The van der Waals surface area contributed by atoms with Crippen molar-refractivity contribution in [1.82, 2.24) is 0 Å². The van der Waals surface area contributed by atoms with Gasteiger partial charge in [0.2, 0.25) is 11.4 Å². The number of allylic oxidation sites excluding steroid dienone is 2. The molecule has 1 aliphatic rings. The molecule has 2 aromatic rings. The van der Waals surface area contributed by atoms with Crippen molar-refractivity contribution in [3.8, 4) is 0 Å². The van der Waals surface area contributed by atoms with Crippen LogP contribution in [0.3, 0.4) is 0 Å². The molecule has 1 heterocycles. The summed E-state index contributed by atoms with van der Waals surface area (Å²) in [5, 5.41) is 0. The third-order valence-electron chi connectivity index (χ3n) is 16.1. The molecule has 0 saturated heterocycles. The molecule has 1 aliphatic heterocycles. The zero-order valence-electron chi connectivity index (χ0n) is 51.2. The summed E-state index contributed by atoms with van der Waals surface area (Å²) in [4.78, 5) is 3.10. The Kier molecular flexibility index (Phi) is 47.7. The van der Waals surface area contributed by atoms with Gasteiger partial charge in [-0.05, 0) is 75.3 Å². The summed E-state index contributed by atoms with van der Waals surface area (Å²) in [7, 11) is 0. The topological polar surface area (TPSA) is 25.3 Å². The zero-order chi connectivity index (χ0) is 53.9. The van der Waals surface area contributed by atoms with Gasteiger partial charge in [-0.3, -0.25) is 0 Å². The Morgan fingerprint density at radius 2 is 0.613 bits per heavy atom. The van der Waals surface area contributed by atoms with Crippen molar-refractivity contribution in [1.29, 1.82) is 0 Å². The molecule has 0 unspecified atom stereocenters. The second-order valence-electron chi connectivity index (χ2n) is 23.4. The molecule has 0 N–H and O–H groups in total. The van der Waals surface area contributed by atoms with Crippen molar-refractivity contribution in [3.63, 3.8) is 0 Å². The molecule has 3 heteroatoms. The molecule has 75 heavy (non-hydrogen) atoms. The van der Waals surface area contributed by atoms with E-state index in [0.717, 1.165) is 79.0 Å². The molecule has 0 amide bonds. The fourth-order valence-corrected chi connectivity index (χ4v) is 13.2. The van der Waals surface area contributed by atoms with Gasteiger partial charge in [-0.1, -0.05) is 193 Å². The molecule has 434 valence electrons. The van der Waals surface area contributed by atoms with Crippen LogP contribution in [0.25, 0.3) is 16.9 Å². The zero-order valence-corrected chi connectivity index (χ0v) is 52.7. The van der Waals surface area contributed by atoms with Crippen molar-refractivity contribution >= 4 is 11.4 Å². The van der Waals surface area contributed by atoms with Crippen molar-refractivity contribution in [2.45, 2.75) is 360 Å². The minimum absolute atomic E-state index is 0.991. The smallest absolute Gasteiger partial charge is 0.0654 e. The van der Waals surface area contributed by atoms with Gasteiger partial charge in [-0.25, -0.2) is 4.70 Å². The van der Waals surface area contributed by atoms with Crippen molar-refractivity contribution in [3.05, 3.63) is 87.5 Å². The van der Waals surface area contributed by atoms with E-state index in [9.17, 15) is 5.53 Å². The minimum atomic E-state index is 0.991. The Bertz CT molecular complexity index is 1630. The van der Waals surface area contributed by atoms with Crippen molar-refractivity contribution in [2.75, 3.05) is 0 Å². The van der Waals surface area contributed by atoms with Crippen LogP contribution in [0.4, 0.5) is 0 Å². The molecular formula is C72H126N2Pd. The molecule has 0 saturated carbocycles. The van der Waals surface area contributed by atoms with Crippen molar-refractivity contribution < 1.29 is 22.7 Å². The first-order chi connectivity index (χ1) is 37.0. The predicted molar refractivity (Wildman–Crippen MR) is 334 cm³/mol. The molecule has 2 nitrogen and oxygen atoms in total. The molecule has 0 aromatic heterocycles. The number of hydrogen-bond acceptors (Lipinski definition) is 0. The Labute approximate surface area is 478 Å². The molecule has 3 rings (SSSR count). The third-order valence-corrected chi connectivity index (χ3v) is 18.3. The van der Waals surface area contributed by atoms with E-state index < -0.39 is 0 Å². The molecule has 0 atom stereocenters. The molecule has 0 aliphatic carbocycles. The van der Waals surface area contributed by atoms with E-state index in [4.69, 9.17) is 0 Å². The fraction of sp³-hybridized carbons (Fsp3) is 0.778.